The summed E-state index contributed by atoms with van der Waals surface area (Å²) in [6.45, 7) is 8.16. The monoisotopic (exact) mass is 342 g/mol. The topological polar surface area (TPSA) is 32.7 Å². The van der Waals surface area contributed by atoms with Crippen LogP contribution in [0.15, 0.2) is 59.4 Å². The molecule has 0 aliphatic carbocycles. The van der Waals surface area contributed by atoms with Gasteiger partial charge in [-0.25, -0.2) is 5.01 Å². The van der Waals surface area contributed by atoms with Gasteiger partial charge in [0, 0.05) is 28.8 Å². The van der Waals surface area contributed by atoms with Crippen LogP contribution in [0.3, 0.4) is 0 Å². The lowest BCUT2D eigenvalue weighted by atomic mass is 9.96. The number of rotatable bonds is 7. The van der Waals surface area contributed by atoms with Crippen molar-refractivity contribution in [1.82, 2.24) is 5.01 Å². The first-order valence-electron chi connectivity index (χ1n) is 8.30. The van der Waals surface area contributed by atoms with Crippen molar-refractivity contribution in [1.29, 1.82) is 0 Å². The normalized spacial score (nSPS) is 14.8. The Bertz CT molecular complexity index is 699. The van der Waals surface area contributed by atoms with Gasteiger partial charge in [-0.2, -0.15) is 5.10 Å². The van der Waals surface area contributed by atoms with Gasteiger partial charge >= 0.3 is 0 Å². The maximum atomic E-state index is 12.8. The molecule has 3 nitrogen and oxygen atoms in total. The Kier molecular flexibility index (Phi) is 6.56. The maximum Gasteiger partial charge on any atom is 0.161 e. The maximum absolute atomic E-state index is 12.8. The molecule has 0 N–H and O–H groups in total. The molecule has 1 aliphatic heterocycles. The number of nitrogens with zero attached hydrogens (tertiary/aromatic N) is 2. The summed E-state index contributed by atoms with van der Waals surface area (Å²) < 4.78 is 0. The standard InChI is InChI=1S/C20H23ClN2O/c1-4-7-18(19(24)8-5-2)20(16-10-12-17(21)13-11-16)23-15(3)9-6-14-22-23/h6,9-14H,3-5,7-8H2,1-2H3/b20-18+. The molecule has 1 heterocycles. The van der Waals surface area contributed by atoms with Gasteiger partial charge in [0.1, 0.15) is 0 Å². The Labute approximate surface area is 149 Å². The molecular weight excluding hydrogens is 320 g/mol. The van der Waals surface area contributed by atoms with Crippen molar-refractivity contribution in [3.63, 3.8) is 0 Å². The summed E-state index contributed by atoms with van der Waals surface area (Å²) in [7, 11) is 0. The summed E-state index contributed by atoms with van der Waals surface area (Å²) in [6, 6.07) is 7.51. The van der Waals surface area contributed by atoms with E-state index in [-0.39, 0.29) is 5.78 Å². The summed E-state index contributed by atoms with van der Waals surface area (Å²) in [4.78, 5) is 12.8. The van der Waals surface area contributed by atoms with Crippen molar-refractivity contribution < 1.29 is 4.79 Å². The van der Waals surface area contributed by atoms with Crippen molar-refractivity contribution in [3.05, 3.63) is 64.9 Å². The van der Waals surface area contributed by atoms with Crippen LogP contribution in [0.5, 0.6) is 0 Å². The molecule has 0 fully saturated rings. The van der Waals surface area contributed by atoms with Gasteiger partial charge in [0.25, 0.3) is 0 Å². The molecule has 0 amide bonds. The number of Topliss-reactive ketones (excluding diaryl/α,β-unsaturated/α-hetero) is 1. The molecule has 24 heavy (non-hydrogen) atoms. The quantitative estimate of drug-likeness (QED) is 0.605. The smallest absolute Gasteiger partial charge is 0.161 e. The Balaban J connectivity index is 2.62. The number of allylic oxidation sites excluding steroid dienone is 3. The predicted octanol–water partition coefficient (Wildman–Crippen LogP) is 5.59. The minimum Gasteiger partial charge on any atom is -0.294 e. The molecule has 0 spiro atoms. The molecule has 126 valence electrons. The van der Waals surface area contributed by atoms with Crippen LogP contribution in [0.4, 0.5) is 0 Å². The second-order valence-electron chi connectivity index (χ2n) is 5.68. The lowest BCUT2D eigenvalue weighted by Crippen LogP contribution is -2.20. The van der Waals surface area contributed by atoms with E-state index in [9.17, 15) is 4.79 Å². The Hall–Kier alpha value is -2.13. The Morgan fingerprint density at radius 3 is 2.42 bits per heavy atom. The summed E-state index contributed by atoms with van der Waals surface area (Å²) in [5.41, 5.74) is 3.26. The van der Waals surface area contributed by atoms with Crippen molar-refractivity contribution in [2.75, 3.05) is 0 Å². The zero-order valence-electron chi connectivity index (χ0n) is 14.3. The van der Waals surface area contributed by atoms with Gasteiger partial charge in [0.15, 0.2) is 5.78 Å². The fourth-order valence-corrected chi connectivity index (χ4v) is 2.78. The molecule has 0 unspecified atom stereocenters. The summed E-state index contributed by atoms with van der Waals surface area (Å²) in [6.07, 6.45) is 8.39. The highest BCUT2D eigenvalue weighted by Crippen LogP contribution is 2.32. The van der Waals surface area contributed by atoms with Gasteiger partial charge in [-0.3, -0.25) is 4.79 Å². The van der Waals surface area contributed by atoms with Crippen molar-refractivity contribution >= 4 is 29.3 Å². The van der Waals surface area contributed by atoms with Gasteiger partial charge in [0.05, 0.1) is 11.4 Å². The van der Waals surface area contributed by atoms with Crippen molar-refractivity contribution in [2.24, 2.45) is 5.10 Å². The number of halogens is 1. The lowest BCUT2D eigenvalue weighted by molar-refractivity contribution is -0.115. The van der Waals surface area contributed by atoms with Crippen molar-refractivity contribution in [3.8, 4) is 0 Å². The second-order valence-corrected chi connectivity index (χ2v) is 6.12. The molecule has 1 aromatic rings. The third kappa shape index (κ3) is 4.24. The molecule has 0 aromatic heterocycles. The average Bonchev–Trinajstić information content (AvgIpc) is 2.57. The zero-order chi connectivity index (χ0) is 17.5. The van der Waals surface area contributed by atoms with Crippen LogP contribution in [-0.4, -0.2) is 17.0 Å². The van der Waals surface area contributed by atoms with Crippen LogP contribution in [-0.2, 0) is 4.79 Å². The SMILES string of the molecule is C=C1C=CC=NN1/C(=C(\CCC)C(=O)CCC)c1ccc(Cl)cc1. The Morgan fingerprint density at radius 1 is 1.17 bits per heavy atom. The highest BCUT2D eigenvalue weighted by Gasteiger charge is 2.22. The van der Waals surface area contributed by atoms with Crippen LogP contribution in [0, 0.1) is 0 Å². The van der Waals surface area contributed by atoms with E-state index in [0.717, 1.165) is 35.4 Å². The van der Waals surface area contributed by atoms with Gasteiger partial charge < -0.3 is 0 Å². The average molecular weight is 343 g/mol. The summed E-state index contributed by atoms with van der Waals surface area (Å²) in [5.74, 6) is 0.168. The molecule has 0 radical (unpaired) electrons. The van der Waals surface area contributed by atoms with Crippen LogP contribution in [0.25, 0.3) is 5.70 Å². The number of ketones is 1. The van der Waals surface area contributed by atoms with Crippen LogP contribution >= 0.6 is 11.6 Å². The van der Waals surface area contributed by atoms with E-state index < -0.39 is 0 Å². The number of carbonyl (C=O) groups is 1. The first-order chi connectivity index (χ1) is 11.6. The van der Waals surface area contributed by atoms with E-state index in [0.29, 0.717) is 17.9 Å². The van der Waals surface area contributed by atoms with E-state index in [2.05, 4.69) is 18.6 Å². The third-order valence-corrected chi connectivity index (χ3v) is 4.01. The van der Waals surface area contributed by atoms with Crippen LogP contribution in [0.1, 0.15) is 45.1 Å². The molecular formula is C20H23ClN2O. The van der Waals surface area contributed by atoms with Gasteiger partial charge in [-0.05, 0) is 37.1 Å². The fraction of sp³-hybridized carbons (Fsp3) is 0.300. The van der Waals surface area contributed by atoms with Crippen molar-refractivity contribution in [2.45, 2.75) is 39.5 Å². The van der Waals surface area contributed by atoms with Crippen LogP contribution < -0.4 is 0 Å². The molecule has 0 bridgehead atoms. The minimum absolute atomic E-state index is 0.168. The number of hydrogen-bond acceptors (Lipinski definition) is 3. The highest BCUT2D eigenvalue weighted by atomic mass is 35.5. The molecule has 0 saturated heterocycles. The third-order valence-electron chi connectivity index (χ3n) is 3.76. The minimum atomic E-state index is 0.168. The summed E-state index contributed by atoms with van der Waals surface area (Å²) >= 11 is 6.03. The van der Waals surface area contributed by atoms with Gasteiger partial charge in [-0.1, -0.05) is 50.6 Å². The van der Waals surface area contributed by atoms with E-state index in [4.69, 9.17) is 11.6 Å². The number of carbonyl (C=O) groups excluding carboxylic acids is 1. The molecule has 1 aromatic carbocycles. The van der Waals surface area contributed by atoms with Crippen LogP contribution in [0.2, 0.25) is 5.02 Å². The van der Waals surface area contributed by atoms with E-state index >= 15 is 0 Å². The molecule has 4 heteroatoms. The highest BCUT2D eigenvalue weighted by molar-refractivity contribution is 6.30. The van der Waals surface area contributed by atoms with Gasteiger partial charge in [0.2, 0.25) is 0 Å². The summed E-state index contributed by atoms with van der Waals surface area (Å²) in [5, 5.41) is 6.85. The zero-order valence-corrected chi connectivity index (χ0v) is 15.0. The predicted molar refractivity (Wildman–Crippen MR) is 102 cm³/mol. The molecule has 1 aliphatic rings. The number of hydrazone groups is 1. The Morgan fingerprint density at radius 2 is 1.83 bits per heavy atom. The van der Waals surface area contributed by atoms with E-state index in [1.807, 2.05) is 43.3 Å². The number of hydrogen-bond donors (Lipinski definition) is 0. The lowest BCUT2D eigenvalue weighted by Gasteiger charge is -2.27. The first kappa shape index (κ1) is 18.2. The first-order valence-corrected chi connectivity index (χ1v) is 8.68. The second kappa shape index (κ2) is 8.65. The largest absolute Gasteiger partial charge is 0.294 e. The molecule has 2 rings (SSSR count). The number of benzene rings is 1. The van der Waals surface area contributed by atoms with E-state index in [1.54, 1.807) is 11.2 Å². The van der Waals surface area contributed by atoms with Gasteiger partial charge in [-0.15, -0.1) is 0 Å². The fourth-order valence-electron chi connectivity index (χ4n) is 2.66. The van der Waals surface area contributed by atoms with E-state index in [1.165, 1.54) is 0 Å². The molecule has 0 atom stereocenters. The molecule has 0 saturated carbocycles.